The monoisotopic (exact) mass is 351 g/mol. The molecule has 1 fully saturated rings. The molecule has 4 nitrogen and oxygen atoms in total. The van der Waals surface area contributed by atoms with E-state index in [1.807, 2.05) is 32.0 Å². The number of benzene rings is 2. The molecule has 1 heterocycles. The molecule has 2 aromatic rings. The highest BCUT2D eigenvalue weighted by Crippen LogP contribution is 2.12. The summed E-state index contributed by atoms with van der Waals surface area (Å²) < 4.78 is 0. The van der Waals surface area contributed by atoms with E-state index in [9.17, 15) is 4.79 Å². The van der Waals surface area contributed by atoms with Gasteiger partial charge in [-0.3, -0.25) is 9.69 Å². The maximum absolute atomic E-state index is 12.4. The Kier molecular flexibility index (Phi) is 6.07. The molecule has 0 atom stereocenters. The Morgan fingerprint density at radius 3 is 2.31 bits per heavy atom. The minimum atomic E-state index is -0.00675. The molecule has 0 spiro atoms. The summed E-state index contributed by atoms with van der Waals surface area (Å²) in [4.78, 5) is 17.3. The van der Waals surface area contributed by atoms with Gasteiger partial charge in [0.1, 0.15) is 0 Å². The fourth-order valence-corrected chi connectivity index (χ4v) is 3.28. The van der Waals surface area contributed by atoms with Crippen LogP contribution in [-0.2, 0) is 13.1 Å². The summed E-state index contributed by atoms with van der Waals surface area (Å²) in [7, 11) is 2.18. The first kappa shape index (κ1) is 18.6. The molecule has 4 heteroatoms. The number of likely N-dealkylation sites (N-methyl/N-ethyl adjacent to an activating group) is 1. The Morgan fingerprint density at radius 1 is 0.962 bits per heavy atom. The third-order valence-electron chi connectivity index (χ3n) is 5.12. The number of amides is 1. The van der Waals surface area contributed by atoms with E-state index in [0.717, 1.165) is 55.0 Å². The van der Waals surface area contributed by atoms with Crippen LogP contribution in [0.2, 0.25) is 0 Å². The van der Waals surface area contributed by atoms with Crippen LogP contribution in [0.25, 0.3) is 0 Å². The lowest BCUT2D eigenvalue weighted by Gasteiger charge is -2.32. The van der Waals surface area contributed by atoms with Gasteiger partial charge in [-0.2, -0.15) is 0 Å². The van der Waals surface area contributed by atoms with E-state index in [1.54, 1.807) is 0 Å². The molecule has 0 bridgehead atoms. The largest absolute Gasteiger partial charge is 0.348 e. The third-order valence-corrected chi connectivity index (χ3v) is 5.12. The van der Waals surface area contributed by atoms with Gasteiger partial charge in [0.25, 0.3) is 5.91 Å². The van der Waals surface area contributed by atoms with E-state index in [2.05, 4.69) is 46.4 Å². The van der Waals surface area contributed by atoms with Gasteiger partial charge in [0.05, 0.1) is 0 Å². The second-order valence-corrected chi connectivity index (χ2v) is 7.40. The number of rotatable bonds is 5. The summed E-state index contributed by atoms with van der Waals surface area (Å²) in [5.41, 5.74) is 5.34. The highest BCUT2D eigenvalue weighted by atomic mass is 16.1. The van der Waals surface area contributed by atoms with Crippen LogP contribution < -0.4 is 5.32 Å². The SMILES string of the molecule is Cc1ccc(C)c(C(=O)NCc2ccc(CN3CCN(C)CC3)cc2)c1. The fraction of sp³-hybridized carbons (Fsp3) is 0.409. The molecule has 0 radical (unpaired) electrons. The van der Waals surface area contributed by atoms with Crippen LogP contribution in [0.3, 0.4) is 0 Å². The molecule has 3 rings (SSSR count). The van der Waals surface area contributed by atoms with E-state index in [-0.39, 0.29) is 5.91 Å². The van der Waals surface area contributed by atoms with Crippen LogP contribution in [0.1, 0.15) is 32.6 Å². The molecule has 1 aliphatic heterocycles. The maximum atomic E-state index is 12.4. The lowest BCUT2D eigenvalue weighted by molar-refractivity contribution is 0.0950. The van der Waals surface area contributed by atoms with Crippen molar-refractivity contribution in [1.82, 2.24) is 15.1 Å². The fourth-order valence-electron chi connectivity index (χ4n) is 3.28. The summed E-state index contributed by atoms with van der Waals surface area (Å²) in [5, 5.41) is 3.03. The Balaban J connectivity index is 1.52. The molecule has 1 N–H and O–H groups in total. The number of carbonyl (C=O) groups is 1. The first-order valence-corrected chi connectivity index (χ1v) is 9.35. The predicted molar refractivity (Wildman–Crippen MR) is 106 cm³/mol. The molecule has 1 saturated heterocycles. The highest BCUT2D eigenvalue weighted by Gasteiger charge is 2.14. The molecular formula is C22H29N3O. The van der Waals surface area contributed by atoms with Gasteiger partial charge in [-0.1, -0.05) is 42.0 Å². The van der Waals surface area contributed by atoms with Gasteiger partial charge in [0.15, 0.2) is 0 Å². The standard InChI is InChI=1S/C22H29N3O/c1-17-4-5-18(2)21(14-17)22(26)23-15-19-6-8-20(9-7-19)16-25-12-10-24(3)11-13-25/h4-9,14H,10-13,15-16H2,1-3H3,(H,23,26). The van der Waals surface area contributed by atoms with Crippen LogP contribution >= 0.6 is 0 Å². The number of nitrogens with zero attached hydrogens (tertiary/aromatic N) is 2. The van der Waals surface area contributed by atoms with E-state index in [1.165, 1.54) is 5.56 Å². The number of carbonyl (C=O) groups excluding carboxylic acids is 1. The molecular weight excluding hydrogens is 322 g/mol. The normalized spacial score (nSPS) is 15.8. The average Bonchev–Trinajstić information content (AvgIpc) is 2.65. The van der Waals surface area contributed by atoms with E-state index in [4.69, 9.17) is 0 Å². The number of aryl methyl sites for hydroxylation is 2. The van der Waals surface area contributed by atoms with Crippen LogP contribution in [0, 0.1) is 13.8 Å². The summed E-state index contributed by atoms with van der Waals surface area (Å²) in [6.07, 6.45) is 0. The first-order valence-electron chi connectivity index (χ1n) is 9.35. The Labute approximate surface area is 156 Å². The Hall–Kier alpha value is -2.17. The number of hydrogen-bond acceptors (Lipinski definition) is 3. The van der Waals surface area contributed by atoms with Crippen molar-refractivity contribution in [2.75, 3.05) is 33.2 Å². The number of piperazine rings is 1. The lowest BCUT2D eigenvalue weighted by Crippen LogP contribution is -2.43. The quantitative estimate of drug-likeness (QED) is 0.900. The molecule has 0 saturated carbocycles. The minimum absolute atomic E-state index is 0.00675. The van der Waals surface area contributed by atoms with E-state index >= 15 is 0 Å². The molecule has 0 aliphatic carbocycles. The maximum Gasteiger partial charge on any atom is 0.251 e. The predicted octanol–water partition coefficient (Wildman–Crippen LogP) is 2.98. The lowest BCUT2D eigenvalue weighted by atomic mass is 10.0. The van der Waals surface area contributed by atoms with Crippen LogP contribution in [0.15, 0.2) is 42.5 Å². The summed E-state index contributed by atoms with van der Waals surface area (Å²) >= 11 is 0. The van der Waals surface area contributed by atoms with Crippen LogP contribution in [0.4, 0.5) is 0 Å². The molecule has 0 aromatic heterocycles. The Morgan fingerprint density at radius 2 is 1.62 bits per heavy atom. The zero-order chi connectivity index (χ0) is 18.5. The molecule has 0 unspecified atom stereocenters. The van der Waals surface area contributed by atoms with E-state index < -0.39 is 0 Å². The van der Waals surface area contributed by atoms with Crippen molar-refractivity contribution < 1.29 is 4.79 Å². The molecule has 1 aliphatic rings. The zero-order valence-electron chi connectivity index (χ0n) is 16.1. The smallest absolute Gasteiger partial charge is 0.251 e. The van der Waals surface area contributed by atoms with Crippen molar-refractivity contribution in [1.29, 1.82) is 0 Å². The van der Waals surface area contributed by atoms with Gasteiger partial charge >= 0.3 is 0 Å². The molecule has 1 amide bonds. The number of hydrogen-bond donors (Lipinski definition) is 1. The van der Waals surface area contributed by atoms with Gasteiger partial charge < -0.3 is 10.2 Å². The van der Waals surface area contributed by atoms with Gasteiger partial charge in [-0.25, -0.2) is 0 Å². The minimum Gasteiger partial charge on any atom is -0.348 e. The van der Waals surface area contributed by atoms with Crippen molar-refractivity contribution in [3.05, 3.63) is 70.3 Å². The van der Waals surface area contributed by atoms with Gasteiger partial charge in [-0.15, -0.1) is 0 Å². The summed E-state index contributed by atoms with van der Waals surface area (Å²) in [5.74, 6) is -0.00675. The number of nitrogens with one attached hydrogen (secondary N) is 1. The van der Waals surface area contributed by atoms with Crippen molar-refractivity contribution in [2.45, 2.75) is 26.9 Å². The van der Waals surface area contributed by atoms with Gasteiger partial charge in [0, 0.05) is 44.8 Å². The van der Waals surface area contributed by atoms with Gasteiger partial charge in [-0.05, 0) is 43.7 Å². The third kappa shape index (κ3) is 4.93. The van der Waals surface area contributed by atoms with Crippen LogP contribution in [-0.4, -0.2) is 48.9 Å². The zero-order valence-corrected chi connectivity index (χ0v) is 16.1. The van der Waals surface area contributed by atoms with Crippen molar-refractivity contribution in [3.63, 3.8) is 0 Å². The Bertz CT molecular complexity index is 746. The summed E-state index contributed by atoms with van der Waals surface area (Å²) in [6.45, 7) is 10.1. The molecule has 2 aromatic carbocycles. The van der Waals surface area contributed by atoms with Crippen molar-refractivity contribution in [2.24, 2.45) is 0 Å². The second kappa shape index (κ2) is 8.47. The van der Waals surface area contributed by atoms with Crippen molar-refractivity contribution in [3.8, 4) is 0 Å². The topological polar surface area (TPSA) is 35.6 Å². The van der Waals surface area contributed by atoms with E-state index in [0.29, 0.717) is 6.54 Å². The van der Waals surface area contributed by atoms with Crippen LogP contribution in [0.5, 0.6) is 0 Å². The average molecular weight is 351 g/mol. The van der Waals surface area contributed by atoms with Gasteiger partial charge in [0.2, 0.25) is 0 Å². The molecule has 138 valence electrons. The summed E-state index contributed by atoms with van der Waals surface area (Å²) in [6, 6.07) is 14.6. The second-order valence-electron chi connectivity index (χ2n) is 7.40. The van der Waals surface area contributed by atoms with Crippen molar-refractivity contribution >= 4 is 5.91 Å². The first-order chi connectivity index (χ1) is 12.5. The highest BCUT2D eigenvalue weighted by molar-refractivity contribution is 5.95. The molecule has 26 heavy (non-hydrogen) atoms.